The summed E-state index contributed by atoms with van der Waals surface area (Å²) in [6, 6.07) is 9.44. The molecule has 1 aliphatic heterocycles. The van der Waals surface area contributed by atoms with E-state index in [2.05, 4.69) is 13.8 Å². The zero-order valence-corrected chi connectivity index (χ0v) is 14.4. The highest BCUT2D eigenvalue weighted by Crippen LogP contribution is 2.24. The van der Waals surface area contributed by atoms with E-state index in [1.165, 1.54) is 4.31 Å². The van der Waals surface area contributed by atoms with Crippen molar-refractivity contribution in [3.05, 3.63) is 30.3 Å². The number of benzene rings is 1. The van der Waals surface area contributed by atoms with E-state index in [1.807, 2.05) is 30.3 Å². The van der Waals surface area contributed by atoms with Crippen LogP contribution in [0.2, 0.25) is 0 Å². The normalized spacial score (nSPS) is 23.6. The summed E-state index contributed by atoms with van der Waals surface area (Å²) in [5.41, 5.74) is 0. The van der Waals surface area contributed by atoms with Gasteiger partial charge >= 0.3 is 0 Å². The Morgan fingerprint density at radius 2 is 1.77 bits per heavy atom. The summed E-state index contributed by atoms with van der Waals surface area (Å²) in [4.78, 5) is 0. The minimum atomic E-state index is -3.40. The highest BCUT2D eigenvalue weighted by molar-refractivity contribution is 7.86. The van der Waals surface area contributed by atoms with Crippen LogP contribution in [0.4, 0.5) is 0 Å². The predicted octanol–water partition coefficient (Wildman–Crippen LogP) is 2.22. The summed E-state index contributed by atoms with van der Waals surface area (Å²) in [6.07, 6.45) is 1.09. The molecule has 0 aromatic heterocycles. The molecule has 1 aromatic carbocycles. The summed E-state index contributed by atoms with van der Waals surface area (Å²) >= 11 is 0. The Kier molecular flexibility index (Phi) is 5.83. The van der Waals surface area contributed by atoms with Gasteiger partial charge in [0, 0.05) is 26.7 Å². The lowest BCUT2D eigenvalue weighted by molar-refractivity contribution is 0.207. The van der Waals surface area contributed by atoms with Gasteiger partial charge in [0.15, 0.2) is 0 Å². The van der Waals surface area contributed by atoms with E-state index in [9.17, 15) is 8.42 Å². The van der Waals surface area contributed by atoms with Crippen molar-refractivity contribution in [3.8, 4) is 5.75 Å². The predicted molar refractivity (Wildman–Crippen MR) is 88.0 cm³/mol. The summed E-state index contributed by atoms with van der Waals surface area (Å²) in [5, 5.41) is 0. The molecule has 5 nitrogen and oxygen atoms in total. The van der Waals surface area contributed by atoms with Crippen LogP contribution in [0.1, 0.15) is 20.3 Å². The zero-order chi connectivity index (χ0) is 16.2. The van der Waals surface area contributed by atoms with Crippen LogP contribution >= 0.6 is 0 Å². The van der Waals surface area contributed by atoms with Gasteiger partial charge in [0.1, 0.15) is 12.4 Å². The fourth-order valence-electron chi connectivity index (χ4n) is 2.92. The molecule has 0 saturated carbocycles. The molecule has 1 aliphatic rings. The maximum Gasteiger partial charge on any atom is 0.281 e. The Hall–Kier alpha value is -1.11. The van der Waals surface area contributed by atoms with E-state index in [4.69, 9.17) is 4.74 Å². The number of likely N-dealkylation sites (N-methyl/N-ethyl adjacent to an activating group) is 1. The third-order valence-electron chi connectivity index (χ3n) is 3.97. The van der Waals surface area contributed by atoms with Crippen LogP contribution in [0.25, 0.3) is 0 Å². The minimum Gasteiger partial charge on any atom is -0.492 e. The molecule has 0 N–H and O–H groups in total. The maximum absolute atomic E-state index is 12.6. The second-order valence-corrected chi connectivity index (χ2v) is 8.29. The lowest BCUT2D eigenvalue weighted by atomic mass is 9.94. The molecule has 0 spiro atoms. The molecule has 6 heteroatoms. The van der Waals surface area contributed by atoms with E-state index in [1.54, 1.807) is 11.4 Å². The highest BCUT2D eigenvalue weighted by atomic mass is 32.2. The van der Waals surface area contributed by atoms with Gasteiger partial charge in [0.2, 0.25) is 0 Å². The zero-order valence-electron chi connectivity index (χ0n) is 13.6. The van der Waals surface area contributed by atoms with Gasteiger partial charge in [-0.3, -0.25) is 0 Å². The number of nitrogens with zero attached hydrogens (tertiary/aromatic N) is 2. The largest absolute Gasteiger partial charge is 0.492 e. The first-order chi connectivity index (χ1) is 10.4. The average molecular weight is 326 g/mol. The van der Waals surface area contributed by atoms with E-state index >= 15 is 0 Å². The number of piperidine rings is 1. The second-order valence-electron chi connectivity index (χ2n) is 6.25. The lowest BCUT2D eigenvalue weighted by Crippen LogP contribution is -2.49. The minimum absolute atomic E-state index is 0.344. The molecule has 22 heavy (non-hydrogen) atoms. The van der Waals surface area contributed by atoms with Crippen LogP contribution in [0.3, 0.4) is 0 Å². The Morgan fingerprint density at radius 1 is 1.18 bits per heavy atom. The van der Waals surface area contributed by atoms with Gasteiger partial charge in [-0.15, -0.1) is 0 Å². The molecule has 2 atom stereocenters. The molecule has 1 aromatic rings. The van der Waals surface area contributed by atoms with Gasteiger partial charge in [-0.25, -0.2) is 0 Å². The van der Waals surface area contributed by atoms with Crippen LogP contribution < -0.4 is 4.74 Å². The van der Waals surface area contributed by atoms with Crippen molar-refractivity contribution in [2.45, 2.75) is 20.3 Å². The monoisotopic (exact) mass is 326 g/mol. The van der Waals surface area contributed by atoms with Gasteiger partial charge in [-0.2, -0.15) is 17.0 Å². The van der Waals surface area contributed by atoms with Crippen molar-refractivity contribution < 1.29 is 13.2 Å². The number of ether oxygens (including phenoxy) is 1. The Balaban J connectivity index is 1.88. The van der Waals surface area contributed by atoms with Crippen molar-refractivity contribution in [1.29, 1.82) is 0 Å². The van der Waals surface area contributed by atoms with Crippen molar-refractivity contribution in [1.82, 2.24) is 8.61 Å². The quantitative estimate of drug-likeness (QED) is 0.805. The molecular formula is C16H26N2O3S. The first-order valence-electron chi connectivity index (χ1n) is 7.79. The second kappa shape index (κ2) is 7.44. The average Bonchev–Trinajstić information content (AvgIpc) is 2.47. The molecular weight excluding hydrogens is 300 g/mol. The van der Waals surface area contributed by atoms with Crippen molar-refractivity contribution in [3.63, 3.8) is 0 Å². The molecule has 2 rings (SSSR count). The molecule has 124 valence electrons. The SMILES string of the molecule is CC1CC(C)CN(S(=O)(=O)N(C)CCOc2ccccc2)C1. The van der Waals surface area contributed by atoms with Crippen molar-refractivity contribution >= 4 is 10.2 Å². The van der Waals surface area contributed by atoms with Gasteiger partial charge in [-0.05, 0) is 30.4 Å². The number of hydrogen-bond donors (Lipinski definition) is 0. The van der Waals surface area contributed by atoms with Crippen molar-refractivity contribution in [2.24, 2.45) is 11.8 Å². The number of hydrogen-bond acceptors (Lipinski definition) is 3. The van der Waals surface area contributed by atoms with E-state index < -0.39 is 10.2 Å². The molecule has 0 bridgehead atoms. The van der Waals surface area contributed by atoms with Crippen LogP contribution in [-0.4, -0.2) is 50.3 Å². The van der Waals surface area contributed by atoms with Crippen molar-refractivity contribution in [2.75, 3.05) is 33.3 Å². The summed E-state index contributed by atoms with van der Waals surface area (Å²) in [6.45, 7) is 6.12. The fraction of sp³-hybridized carbons (Fsp3) is 0.625. The summed E-state index contributed by atoms with van der Waals surface area (Å²) < 4.78 is 33.8. The summed E-state index contributed by atoms with van der Waals surface area (Å²) in [5.74, 6) is 1.58. The smallest absolute Gasteiger partial charge is 0.281 e. The number of para-hydroxylation sites is 1. The number of rotatable bonds is 6. The molecule has 1 fully saturated rings. The van der Waals surface area contributed by atoms with Gasteiger partial charge in [0.25, 0.3) is 10.2 Å². The Morgan fingerprint density at radius 3 is 2.36 bits per heavy atom. The lowest BCUT2D eigenvalue weighted by Gasteiger charge is -2.36. The Labute approximate surface area is 134 Å². The molecule has 0 radical (unpaired) electrons. The molecule has 1 saturated heterocycles. The maximum atomic E-state index is 12.6. The molecule has 0 amide bonds. The first-order valence-corrected chi connectivity index (χ1v) is 9.18. The first kappa shape index (κ1) is 17.2. The van der Waals surface area contributed by atoms with E-state index in [0.29, 0.717) is 38.1 Å². The van der Waals surface area contributed by atoms with E-state index in [-0.39, 0.29) is 0 Å². The third-order valence-corrected chi connectivity index (χ3v) is 5.89. The molecule has 2 unspecified atom stereocenters. The molecule has 0 aliphatic carbocycles. The standard InChI is InChI=1S/C16H26N2O3S/c1-14-11-15(2)13-18(12-14)22(19,20)17(3)9-10-21-16-7-5-4-6-8-16/h4-8,14-15H,9-13H2,1-3H3. The van der Waals surface area contributed by atoms with Gasteiger partial charge in [-0.1, -0.05) is 32.0 Å². The summed E-state index contributed by atoms with van der Waals surface area (Å²) in [7, 11) is -1.78. The van der Waals surface area contributed by atoms with Crippen LogP contribution in [-0.2, 0) is 10.2 Å². The van der Waals surface area contributed by atoms with Gasteiger partial charge < -0.3 is 4.74 Å². The topological polar surface area (TPSA) is 49.9 Å². The van der Waals surface area contributed by atoms with Gasteiger partial charge in [0.05, 0.1) is 0 Å². The van der Waals surface area contributed by atoms with Crippen LogP contribution in [0.15, 0.2) is 30.3 Å². The third kappa shape index (κ3) is 4.44. The van der Waals surface area contributed by atoms with Crippen LogP contribution in [0.5, 0.6) is 5.75 Å². The molecule has 1 heterocycles. The Bertz CT molecular complexity index is 552. The van der Waals surface area contributed by atoms with E-state index in [0.717, 1.165) is 12.2 Å². The highest BCUT2D eigenvalue weighted by Gasteiger charge is 2.32. The van der Waals surface area contributed by atoms with Crippen LogP contribution in [0, 0.1) is 11.8 Å². The fourth-order valence-corrected chi connectivity index (χ4v) is 4.50.